The number of aromatic nitrogens is 1. The molecule has 0 bridgehead atoms. The van der Waals surface area contributed by atoms with Gasteiger partial charge in [-0.1, -0.05) is 6.07 Å². The third-order valence-electron chi connectivity index (χ3n) is 7.27. The van der Waals surface area contributed by atoms with Gasteiger partial charge in [-0.05, 0) is 62.6 Å². The van der Waals surface area contributed by atoms with Gasteiger partial charge in [0.25, 0.3) is 0 Å². The van der Waals surface area contributed by atoms with Gasteiger partial charge in [-0.3, -0.25) is 4.79 Å². The van der Waals surface area contributed by atoms with Crippen molar-refractivity contribution in [1.29, 1.82) is 10.5 Å². The minimum atomic E-state index is -1.19. The molecule has 2 aromatic carbocycles. The van der Waals surface area contributed by atoms with Crippen molar-refractivity contribution in [3.05, 3.63) is 64.7 Å². The van der Waals surface area contributed by atoms with E-state index in [9.17, 15) is 24.8 Å². The highest BCUT2D eigenvalue weighted by molar-refractivity contribution is 6.02. The van der Waals surface area contributed by atoms with Crippen molar-refractivity contribution < 1.29 is 18.7 Å². The molecule has 5 rings (SSSR count). The Morgan fingerprint density at radius 1 is 1.07 bits per heavy atom. The van der Waals surface area contributed by atoms with Crippen LogP contribution >= 0.6 is 0 Å². The largest absolute Gasteiger partial charge is 0.389 e. The van der Waals surface area contributed by atoms with Crippen LogP contribution in [0.4, 0.5) is 20.3 Å². The first-order valence-electron chi connectivity index (χ1n) is 13.0. The van der Waals surface area contributed by atoms with Crippen LogP contribution < -0.4 is 15.5 Å². The van der Waals surface area contributed by atoms with E-state index in [1.54, 1.807) is 26.0 Å². The number of amides is 1. The number of carbonyl (C=O) groups excluding carboxylic acids is 1. The van der Waals surface area contributed by atoms with Crippen LogP contribution in [-0.2, 0) is 11.2 Å². The van der Waals surface area contributed by atoms with E-state index in [4.69, 9.17) is 10.7 Å². The van der Waals surface area contributed by atoms with E-state index < -0.39 is 17.2 Å². The highest BCUT2D eigenvalue weighted by Gasteiger charge is 2.33. The lowest BCUT2D eigenvalue weighted by Gasteiger charge is -2.32. The molecule has 1 aromatic heterocycles. The molecule has 0 radical (unpaired) electrons. The molecule has 2 aliphatic rings. The first kappa shape index (κ1) is 27.2. The van der Waals surface area contributed by atoms with Gasteiger partial charge in [-0.15, -0.1) is 0 Å². The number of β-amino-alcohol motifs (C(OH)–C–C–N with tert-alkyl or cyclic N) is 1. The Morgan fingerprint density at radius 2 is 1.77 bits per heavy atom. The van der Waals surface area contributed by atoms with Crippen LogP contribution in [0.25, 0.3) is 22.4 Å². The highest BCUT2D eigenvalue weighted by atomic mass is 19.1. The van der Waals surface area contributed by atoms with E-state index in [1.165, 1.54) is 29.2 Å². The minimum Gasteiger partial charge on any atom is -0.389 e. The molecule has 3 heterocycles. The van der Waals surface area contributed by atoms with Gasteiger partial charge in [0.2, 0.25) is 5.91 Å². The van der Waals surface area contributed by atoms with Crippen molar-refractivity contribution >= 4 is 17.4 Å². The molecule has 10 heteroatoms. The van der Waals surface area contributed by atoms with Crippen LogP contribution in [-0.4, -0.2) is 47.3 Å². The van der Waals surface area contributed by atoms with Gasteiger partial charge in [-0.2, -0.15) is 10.5 Å². The molecule has 0 atom stereocenters. The Morgan fingerprint density at radius 3 is 2.40 bits per heavy atom. The number of fused-ring (bicyclic) bond motifs is 1. The normalized spacial score (nSPS) is 15.7. The van der Waals surface area contributed by atoms with Crippen molar-refractivity contribution in [1.82, 2.24) is 4.98 Å². The van der Waals surface area contributed by atoms with E-state index in [1.807, 2.05) is 4.90 Å². The lowest BCUT2D eigenvalue weighted by molar-refractivity contribution is -0.118. The smallest absolute Gasteiger partial charge is 0.231 e. The molecule has 0 spiro atoms. The fourth-order valence-corrected chi connectivity index (χ4v) is 5.29. The number of benzene rings is 2. The molecule has 1 saturated heterocycles. The quantitative estimate of drug-likeness (QED) is 0.498. The lowest BCUT2D eigenvalue weighted by atomic mass is 9.92. The molecule has 1 amide bonds. The lowest BCUT2D eigenvalue weighted by Crippen LogP contribution is -2.40. The standard InChI is InChI=1S/C30H28F2N6O2/c1-30(2,40)16-38-25-13-24(32)22(9-19(25)12-27(38)39)28-20(15-34)11-26(37-7-5-21(35)6-8-37)36-29(28)17-3-4-18(14-33)23(31)10-17/h3-4,9-11,13,21,40H,5-8,12,16,35H2,1-2H3. The molecule has 8 nitrogen and oxygen atoms in total. The molecule has 0 aliphatic carbocycles. The van der Waals surface area contributed by atoms with E-state index in [-0.39, 0.29) is 58.4 Å². The van der Waals surface area contributed by atoms with Crippen molar-refractivity contribution in [2.75, 3.05) is 29.4 Å². The number of pyridine rings is 1. The van der Waals surface area contributed by atoms with Crippen LogP contribution in [0.1, 0.15) is 43.4 Å². The maximum Gasteiger partial charge on any atom is 0.231 e. The third-order valence-corrected chi connectivity index (χ3v) is 7.27. The number of nitrogens with two attached hydrogens (primary N) is 1. The summed E-state index contributed by atoms with van der Waals surface area (Å²) in [6.07, 6.45) is 1.47. The zero-order valence-electron chi connectivity index (χ0n) is 22.2. The average molecular weight is 543 g/mol. The molecule has 2 aliphatic heterocycles. The maximum atomic E-state index is 15.9. The summed E-state index contributed by atoms with van der Waals surface area (Å²) in [6.45, 7) is 4.35. The minimum absolute atomic E-state index is 0.000946. The van der Waals surface area contributed by atoms with Gasteiger partial charge in [0.15, 0.2) is 0 Å². The summed E-state index contributed by atoms with van der Waals surface area (Å²) in [4.78, 5) is 20.9. The fraction of sp³-hybridized carbons (Fsp3) is 0.333. The Bertz CT molecular complexity index is 1590. The van der Waals surface area contributed by atoms with Gasteiger partial charge < -0.3 is 20.6 Å². The molecule has 0 unspecified atom stereocenters. The first-order valence-corrected chi connectivity index (χ1v) is 13.0. The summed E-state index contributed by atoms with van der Waals surface area (Å²) in [7, 11) is 0. The number of rotatable bonds is 5. The van der Waals surface area contributed by atoms with Crippen molar-refractivity contribution in [3.8, 4) is 34.5 Å². The van der Waals surface area contributed by atoms with Gasteiger partial charge in [0.05, 0.1) is 47.1 Å². The Hall–Kier alpha value is -4.38. The molecule has 3 aromatic rings. The third kappa shape index (κ3) is 5.12. The molecule has 1 fully saturated rings. The average Bonchev–Trinajstić information content (AvgIpc) is 3.20. The van der Waals surface area contributed by atoms with Gasteiger partial charge >= 0.3 is 0 Å². The second-order valence-electron chi connectivity index (χ2n) is 10.9. The Kier molecular flexibility index (Phi) is 7.01. The molecular formula is C30H28F2N6O2. The second kappa shape index (κ2) is 10.3. The van der Waals surface area contributed by atoms with Gasteiger partial charge in [-0.25, -0.2) is 13.8 Å². The number of halogens is 2. The topological polar surface area (TPSA) is 130 Å². The molecule has 3 N–H and O–H groups in total. The zero-order valence-corrected chi connectivity index (χ0v) is 22.2. The van der Waals surface area contributed by atoms with Crippen LogP contribution in [0.15, 0.2) is 36.4 Å². The zero-order chi connectivity index (χ0) is 28.8. The van der Waals surface area contributed by atoms with E-state index in [0.29, 0.717) is 30.2 Å². The molecule has 40 heavy (non-hydrogen) atoms. The van der Waals surface area contributed by atoms with Crippen molar-refractivity contribution in [3.63, 3.8) is 0 Å². The number of anilines is 2. The summed E-state index contributed by atoms with van der Waals surface area (Å²) in [5.74, 6) is -1.25. The number of hydrogen-bond donors (Lipinski definition) is 2. The van der Waals surface area contributed by atoms with Crippen LogP contribution in [0, 0.1) is 34.3 Å². The van der Waals surface area contributed by atoms with E-state index in [0.717, 1.165) is 18.9 Å². The molecule has 204 valence electrons. The summed E-state index contributed by atoms with van der Waals surface area (Å²) in [5, 5.41) is 29.7. The van der Waals surface area contributed by atoms with Crippen molar-refractivity contribution in [2.24, 2.45) is 5.73 Å². The number of nitriles is 2. The fourth-order valence-electron chi connectivity index (χ4n) is 5.29. The predicted octanol–water partition coefficient (Wildman–Crippen LogP) is 4.02. The van der Waals surface area contributed by atoms with Crippen LogP contribution in [0.5, 0.6) is 0 Å². The van der Waals surface area contributed by atoms with Crippen molar-refractivity contribution in [2.45, 2.75) is 44.8 Å². The van der Waals surface area contributed by atoms with Gasteiger partial charge in [0, 0.05) is 35.8 Å². The van der Waals surface area contributed by atoms with E-state index >= 15 is 4.39 Å². The first-order chi connectivity index (χ1) is 19.0. The summed E-state index contributed by atoms with van der Waals surface area (Å²) < 4.78 is 30.6. The maximum absolute atomic E-state index is 15.9. The predicted molar refractivity (Wildman–Crippen MR) is 146 cm³/mol. The monoisotopic (exact) mass is 542 g/mol. The molecule has 0 saturated carbocycles. The van der Waals surface area contributed by atoms with Gasteiger partial charge in [0.1, 0.15) is 23.5 Å². The number of hydrogen-bond acceptors (Lipinski definition) is 7. The Balaban J connectivity index is 1.71. The SMILES string of the molecule is CC(C)(O)CN1C(=O)Cc2cc(-c3c(C#N)cc(N4CCC(N)CC4)nc3-c3ccc(C#N)c(F)c3)c(F)cc21. The van der Waals surface area contributed by atoms with Crippen LogP contribution in [0.2, 0.25) is 0 Å². The second-order valence-corrected chi connectivity index (χ2v) is 10.9. The number of aliphatic hydroxyl groups is 1. The summed E-state index contributed by atoms with van der Waals surface area (Å²) in [6, 6.07) is 12.3. The number of carbonyl (C=O) groups is 1. The highest BCUT2D eigenvalue weighted by Crippen LogP contribution is 2.42. The molecular weight excluding hydrogens is 514 g/mol. The van der Waals surface area contributed by atoms with Crippen LogP contribution in [0.3, 0.4) is 0 Å². The van der Waals surface area contributed by atoms with E-state index in [2.05, 4.69) is 6.07 Å². The number of piperidine rings is 1. The Labute approximate surface area is 230 Å². The number of nitrogens with zero attached hydrogens (tertiary/aromatic N) is 5. The summed E-state index contributed by atoms with van der Waals surface area (Å²) >= 11 is 0. The summed E-state index contributed by atoms with van der Waals surface area (Å²) in [5.41, 5.74) is 6.42.